The second kappa shape index (κ2) is 7.92. The van der Waals surface area contributed by atoms with Gasteiger partial charge >= 0.3 is 0 Å². The standard InChI is InChI=1S/C19H15BrN6O3/c20-13-3-4-14-15(8-13)19(29)25(18(14)28)7-5-16(27)23-9-12-2-1-6-22-17(12)26-11-21-10-24-26/h1-4,6,8,10-11H,5,7,9H2,(H,23,27). The Morgan fingerprint density at radius 1 is 1.14 bits per heavy atom. The molecule has 29 heavy (non-hydrogen) atoms. The van der Waals surface area contributed by atoms with Crippen LogP contribution in [0.4, 0.5) is 0 Å². The fourth-order valence-corrected chi connectivity index (χ4v) is 3.41. The summed E-state index contributed by atoms with van der Waals surface area (Å²) < 4.78 is 2.23. The van der Waals surface area contributed by atoms with Crippen LogP contribution < -0.4 is 5.32 Å². The van der Waals surface area contributed by atoms with Gasteiger partial charge in [0.25, 0.3) is 11.8 Å². The molecule has 1 aliphatic rings. The molecule has 0 saturated carbocycles. The van der Waals surface area contributed by atoms with Crippen molar-refractivity contribution in [2.45, 2.75) is 13.0 Å². The number of imide groups is 1. The second-order valence-corrected chi connectivity index (χ2v) is 7.22. The molecule has 146 valence electrons. The van der Waals surface area contributed by atoms with Gasteiger partial charge in [0.05, 0.1) is 11.1 Å². The van der Waals surface area contributed by atoms with E-state index in [0.717, 1.165) is 14.9 Å². The van der Waals surface area contributed by atoms with E-state index < -0.39 is 0 Å². The van der Waals surface area contributed by atoms with Crippen molar-refractivity contribution in [2.75, 3.05) is 6.54 Å². The lowest BCUT2D eigenvalue weighted by atomic mass is 10.1. The Labute approximate surface area is 173 Å². The van der Waals surface area contributed by atoms with Crippen molar-refractivity contribution >= 4 is 33.7 Å². The third kappa shape index (κ3) is 3.79. The maximum atomic E-state index is 12.5. The molecule has 0 spiro atoms. The monoisotopic (exact) mass is 454 g/mol. The van der Waals surface area contributed by atoms with Crippen molar-refractivity contribution < 1.29 is 14.4 Å². The van der Waals surface area contributed by atoms with Gasteiger partial charge in [-0.05, 0) is 24.3 Å². The lowest BCUT2D eigenvalue weighted by Gasteiger charge is -2.14. The van der Waals surface area contributed by atoms with E-state index in [-0.39, 0.29) is 37.2 Å². The van der Waals surface area contributed by atoms with Crippen LogP contribution in [0, 0.1) is 0 Å². The number of pyridine rings is 1. The number of nitrogens with zero attached hydrogens (tertiary/aromatic N) is 5. The maximum Gasteiger partial charge on any atom is 0.261 e. The van der Waals surface area contributed by atoms with Gasteiger partial charge in [0.15, 0.2) is 5.82 Å². The molecule has 9 nitrogen and oxygen atoms in total. The van der Waals surface area contributed by atoms with E-state index in [2.05, 4.69) is 36.3 Å². The van der Waals surface area contributed by atoms with E-state index in [1.165, 1.54) is 17.3 Å². The Kier molecular flexibility index (Phi) is 5.17. The van der Waals surface area contributed by atoms with Crippen molar-refractivity contribution in [2.24, 2.45) is 0 Å². The predicted octanol–water partition coefficient (Wildman–Crippen LogP) is 1.73. The number of halogens is 1. The van der Waals surface area contributed by atoms with Crippen molar-refractivity contribution in [1.82, 2.24) is 30.0 Å². The minimum absolute atomic E-state index is 0.00551. The minimum Gasteiger partial charge on any atom is -0.352 e. The molecule has 2 aromatic heterocycles. The topological polar surface area (TPSA) is 110 Å². The Balaban J connectivity index is 1.36. The van der Waals surface area contributed by atoms with Gasteiger partial charge in [-0.1, -0.05) is 22.0 Å². The van der Waals surface area contributed by atoms with Gasteiger partial charge in [0, 0.05) is 35.7 Å². The number of hydrogen-bond donors (Lipinski definition) is 1. The van der Waals surface area contributed by atoms with Crippen molar-refractivity contribution in [3.05, 3.63) is 70.3 Å². The SMILES string of the molecule is O=C(CCN1C(=O)c2ccc(Br)cc2C1=O)NCc1cccnc1-n1cncn1. The van der Waals surface area contributed by atoms with Gasteiger partial charge in [0.2, 0.25) is 5.91 Å². The molecule has 3 amide bonds. The summed E-state index contributed by atoms with van der Waals surface area (Å²) >= 11 is 3.30. The summed E-state index contributed by atoms with van der Waals surface area (Å²) in [5, 5.41) is 6.84. The number of amides is 3. The van der Waals surface area contributed by atoms with Crippen LogP contribution in [0.25, 0.3) is 5.82 Å². The largest absolute Gasteiger partial charge is 0.352 e. The van der Waals surface area contributed by atoms with Gasteiger partial charge in [-0.25, -0.2) is 14.6 Å². The smallest absolute Gasteiger partial charge is 0.261 e. The van der Waals surface area contributed by atoms with Gasteiger partial charge in [-0.2, -0.15) is 5.10 Å². The van der Waals surface area contributed by atoms with Crippen molar-refractivity contribution in [3.63, 3.8) is 0 Å². The number of fused-ring (bicyclic) bond motifs is 1. The summed E-state index contributed by atoms with van der Waals surface area (Å²) in [4.78, 5) is 46.4. The number of nitrogens with one attached hydrogen (secondary N) is 1. The van der Waals surface area contributed by atoms with E-state index in [1.807, 2.05) is 6.07 Å². The molecule has 3 heterocycles. The summed E-state index contributed by atoms with van der Waals surface area (Å²) in [6.45, 7) is 0.246. The number of carbonyl (C=O) groups is 3. The molecule has 0 fully saturated rings. The van der Waals surface area contributed by atoms with Crippen LogP contribution in [-0.2, 0) is 11.3 Å². The van der Waals surface area contributed by atoms with Gasteiger partial charge in [-0.3, -0.25) is 19.3 Å². The first-order valence-electron chi connectivity index (χ1n) is 8.76. The average molecular weight is 455 g/mol. The number of benzene rings is 1. The first kappa shape index (κ1) is 18.9. The zero-order chi connectivity index (χ0) is 20.4. The first-order valence-corrected chi connectivity index (χ1v) is 9.55. The minimum atomic E-state index is -0.389. The number of hydrogen-bond acceptors (Lipinski definition) is 6. The van der Waals surface area contributed by atoms with Crippen LogP contribution in [-0.4, -0.2) is 48.9 Å². The normalized spacial score (nSPS) is 12.9. The summed E-state index contributed by atoms with van der Waals surface area (Å²) in [5.41, 5.74) is 1.46. The molecule has 1 aliphatic heterocycles. The van der Waals surface area contributed by atoms with Crippen molar-refractivity contribution in [1.29, 1.82) is 0 Å². The lowest BCUT2D eigenvalue weighted by molar-refractivity contribution is -0.121. The summed E-state index contributed by atoms with van der Waals surface area (Å²) in [6.07, 6.45) is 4.56. The molecule has 3 aromatic rings. The van der Waals surface area contributed by atoms with Crippen LogP contribution >= 0.6 is 15.9 Å². The Bertz CT molecular complexity index is 1100. The van der Waals surface area contributed by atoms with Crippen LogP contribution in [0.2, 0.25) is 0 Å². The second-order valence-electron chi connectivity index (χ2n) is 6.30. The molecule has 4 rings (SSSR count). The molecule has 0 atom stereocenters. The third-order valence-electron chi connectivity index (χ3n) is 4.47. The molecule has 1 N–H and O–H groups in total. The van der Waals surface area contributed by atoms with Crippen LogP contribution in [0.5, 0.6) is 0 Å². The number of rotatable bonds is 6. The Hall–Kier alpha value is -3.40. The fraction of sp³-hybridized carbons (Fsp3) is 0.158. The maximum absolute atomic E-state index is 12.5. The van der Waals surface area contributed by atoms with Crippen LogP contribution in [0.15, 0.2) is 53.7 Å². The molecule has 0 bridgehead atoms. The summed E-state index contributed by atoms with van der Waals surface area (Å²) in [7, 11) is 0. The Morgan fingerprint density at radius 2 is 1.97 bits per heavy atom. The highest BCUT2D eigenvalue weighted by Gasteiger charge is 2.35. The molecule has 0 saturated heterocycles. The molecule has 10 heteroatoms. The first-order chi connectivity index (χ1) is 14.0. The molecular weight excluding hydrogens is 440 g/mol. The highest BCUT2D eigenvalue weighted by Crippen LogP contribution is 2.26. The van der Waals surface area contributed by atoms with Gasteiger partial charge in [0.1, 0.15) is 12.7 Å². The fourth-order valence-electron chi connectivity index (χ4n) is 3.05. The van der Waals surface area contributed by atoms with E-state index in [0.29, 0.717) is 16.9 Å². The molecular formula is C19H15BrN6O3. The zero-order valence-electron chi connectivity index (χ0n) is 15.1. The molecule has 1 aromatic carbocycles. The van der Waals surface area contributed by atoms with Gasteiger partial charge in [-0.15, -0.1) is 0 Å². The number of aromatic nitrogens is 4. The Morgan fingerprint density at radius 3 is 2.76 bits per heavy atom. The molecule has 0 unspecified atom stereocenters. The van der Waals surface area contributed by atoms with Crippen molar-refractivity contribution in [3.8, 4) is 5.82 Å². The molecule has 0 radical (unpaired) electrons. The van der Waals surface area contributed by atoms with E-state index >= 15 is 0 Å². The van der Waals surface area contributed by atoms with E-state index in [1.54, 1.807) is 30.5 Å². The summed E-state index contributed by atoms with van der Waals surface area (Å²) in [5.74, 6) is -0.488. The lowest BCUT2D eigenvalue weighted by Crippen LogP contribution is -2.34. The van der Waals surface area contributed by atoms with E-state index in [4.69, 9.17) is 0 Å². The van der Waals surface area contributed by atoms with Crippen LogP contribution in [0.3, 0.4) is 0 Å². The zero-order valence-corrected chi connectivity index (χ0v) is 16.7. The molecule has 0 aliphatic carbocycles. The van der Waals surface area contributed by atoms with Crippen LogP contribution in [0.1, 0.15) is 32.7 Å². The quantitative estimate of drug-likeness (QED) is 0.567. The van der Waals surface area contributed by atoms with Gasteiger partial charge < -0.3 is 5.32 Å². The highest BCUT2D eigenvalue weighted by molar-refractivity contribution is 9.10. The summed E-state index contributed by atoms with van der Waals surface area (Å²) in [6, 6.07) is 8.52. The average Bonchev–Trinajstić information content (AvgIpc) is 3.33. The highest BCUT2D eigenvalue weighted by atomic mass is 79.9. The predicted molar refractivity (Wildman–Crippen MR) is 105 cm³/mol. The third-order valence-corrected chi connectivity index (χ3v) is 4.97. The number of carbonyl (C=O) groups excluding carboxylic acids is 3. The van der Waals surface area contributed by atoms with E-state index in [9.17, 15) is 14.4 Å².